The normalized spacial score (nSPS) is 10.3. The van der Waals surface area contributed by atoms with E-state index in [0.29, 0.717) is 11.3 Å². The van der Waals surface area contributed by atoms with Gasteiger partial charge in [0.1, 0.15) is 11.6 Å². The maximum absolute atomic E-state index is 13.4. The van der Waals surface area contributed by atoms with Crippen molar-refractivity contribution in [3.63, 3.8) is 0 Å². The van der Waals surface area contributed by atoms with Gasteiger partial charge in [-0.05, 0) is 59.0 Å². The van der Waals surface area contributed by atoms with Crippen LogP contribution in [0.2, 0.25) is 5.02 Å². The number of hydrogen-bond donors (Lipinski definition) is 0. The molecule has 0 aliphatic heterocycles. The topological polar surface area (TPSA) is 26.3 Å². The lowest BCUT2D eigenvalue weighted by Gasteiger charge is -2.08. The Morgan fingerprint density at radius 2 is 2.00 bits per heavy atom. The summed E-state index contributed by atoms with van der Waals surface area (Å²) in [5.41, 5.74) is 0.637. The molecule has 0 atom stereocenters. The highest BCUT2D eigenvalue weighted by Crippen LogP contribution is 2.25. The Kier molecular flexibility index (Phi) is 4.42. The van der Waals surface area contributed by atoms with E-state index in [1.807, 2.05) is 6.07 Å². The molecule has 98 valence electrons. The summed E-state index contributed by atoms with van der Waals surface area (Å²) in [6, 6.07) is 9.23. The Bertz CT molecular complexity index is 643. The van der Waals surface area contributed by atoms with Gasteiger partial charge in [-0.2, -0.15) is 0 Å². The first-order valence-electron chi connectivity index (χ1n) is 5.36. The van der Waals surface area contributed by atoms with Crippen molar-refractivity contribution in [3.8, 4) is 5.75 Å². The minimum absolute atomic E-state index is 0.00819. The highest BCUT2D eigenvalue weighted by molar-refractivity contribution is 14.1. The molecule has 0 heterocycles. The number of benzene rings is 2. The highest BCUT2D eigenvalue weighted by Gasteiger charge is 2.16. The van der Waals surface area contributed by atoms with Crippen molar-refractivity contribution in [2.45, 2.75) is 0 Å². The molecule has 0 unspecified atom stereocenters. The Morgan fingerprint density at radius 3 is 2.63 bits per heavy atom. The molecule has 0 N–H and O–H groups in total. The van der Waals surface area contributed by atoms with Gasteiger partial charge in [-0.1, -0.05) is 11.6 Å². The number of carbonyl (C=O) groups is 1. The van der Waals surface area contributed by atoms with Crippen LogP contribution in [0.5, 0.6) is 5.75 Å². The Balaban J connectivity index is 2.49. The van der Waals surface area contributed by atoms with Crippen LogP contribution in [0, 0.1) is 9.39 Å². The molecule has 0 spiro atoms. The molecule has 0 radical (unpaired) electrons. The van der Waals surface area contributed by atoms with Crippen molar-refractivity contribution < 1.29 is 13.9 Å². The number of halogens is 3. The maximum atomic E-state index is 13.4. The summed E-state index contributed by atoms with van der Waals surface area (Å²) in [4.78, 5) is 12.3. The van der Waals surface area contributed by atoms with E-state index in [0.717, 1.165) is 9.64 Å². The number of ether oxygens (including phenoxy) is 1. The molecule has 2 aromatic carbocycles. The monoisotopic (exact) mass is 390 g/mol. The molecule has 0 bridgehead atoms. The first-order valence-corrected chi connectivity index (χ1v) is 6.82. The van der Waals surface area contributed by atoms with E-state index < -0.39 is 5.82 Å². The van der Waals surface area contributed by atoms with Crippen molar-refractivity contribution in [1.29, 1.82) is 0 Å². The molecule has 2 rings (SSSR count). The highest BCUT2D eigenvalue weighted by atomic mass is 127. The SMILES string of the molecule is COc1ccc(I)cc1C(=O)c1ccc(Cl)c(F)c1. The van der Waals surface area contributed by atoms with Crippen molar-refractivity contribution in [3.05, 3.63) is 61.9 Å². The largest absolute Gasteiger partial charge is 0.496 e. The molecule has 0 saturated heterocycles. The van der Waals surface area contributed by atoms with E-state index in [1.165, 1.54) is 19.2 Å². The van der Waals surface area contributed by atoms with Crippen LogP contribution in [-0.2, 0) is 0 Å². The second-order valence-corrected chi connectivity index (χ2v) is 5.46. The van der Waals surface area contributed by atoms with Crippen molar-refractivity contribution in [2.75, 3.05) is 7.11 Å². The summed E-state index contributed by atoms with van der Waals surface area (Å²) in [6.07, 6.45) is 0. The van der Waals surface area contributed by atoms with Crippen LogP contribution in [0.1, 0.15) is 15.9 Å². The van der Waals surface area contributed by atoms with Gasteiger partial charge in [-0.15, -0.1) is 0 Å². The Hall–Kier alpha value is -1.14. The van der Waals surface area contributed by atoms with Gasteiger partial charge < -0.3 is 4.74 Å². The third-order valence-corrected chi connectivity index (χ3v) is 3.57. The van der Waals surface area contributed by atoms with Gasteiger partial charge >= 0.3 is 0 Å². The lowest BCUT2D eigenvalue weighted by atomic mass is 10.0. The molecule has 0 fully saturated rings. The quantitative estimate of drug-likeness (QED) is 0.576. The fourth-order valence-electron chi connectivity index (χ4n) is 1.65. The van der Waals surface area contributed by atoms with Crippen molar-refractivity contribution in [1.82, 2.24) is 0 Å². The van der Waals surface area contributed by atoms with Crippen LogP contribution in [0.3, 0.4) is 0 Å². The molecule has 0 aliphatic carbocycles. The van der Waals surface area contributed by atoms with E-state index >= 15 is 0 Å². The van der Waals surface area contributed by atoms with Gasteiger partial charge in [0.15, 0.2) is 5.78 Å². The fraction of sp³-hybridized carbons (Fsp3) is 0.0714. The first-order chi connectivity index (χ1) is 9.02. The van der Waals surface area contributed by atoms with Crippen LogP contribution in [0.25, 0.3) is 0 Å². The Labute approximate surface area is 128 Å². The molecule has 0 saturated carbocycles. The Morgan fingerprint density at radius 1 is 1.26 bits per heavy atom. The van der Waals surface area contributed by atoms with Gasteiger partial charge in [0, 0.05) is 9.13 Å². The molecule has 5 heteroatoms. The molecule has 2 aromatic rings. The van der Waals surface area contributed by atoms with Crippen LogP contribution in [0.15, 0.2) is 36.4 Å². The molecule has 19 heavy (non-hydrogen) atoms. The van der Waals surface area contributed by atoms with E-state index in [9.17, 15) is 9.18 Å². The van der Waals surface area contributed by atoms with E-state index in [1.54, 1.807) is 12.1 Å². The molecular formula is C14H9ClFIO2. The zero-order chi connectivity index (χ0) is 14.0. The predicted octanol–water partition coefficient (Wildman–Crippen LogP) is 4.32. The molecule has 2 nitrogen and oxygen atoms in total. The lowest BCUT2D eigenvalue weighted by Crippen LogP contribution is -2.05. The summed E-state index contributed by atoms with van der Waals surface area (Å²) < 4.78 is 19.5. The fourth-order valence-corrected chi connectivity index (χ4v) is 2.26. The van der Waals surface area contributed by atoms with Crippen LogP contribution in [0.4, 0.5) is 4.39 Å². The third kappa shape index (κ3) is 3.06. The average Bonchev–Trinajstić information content (AvgIpc) is 2.41. The summed E-state index contributed by atoms with van der Waals surface area (Å²) >= 11 is 7.70. The van der Waals surface area contributed by atoms with Gasteiger partial charge in [-0.25, -0.2) is 4.39 Å². The third-order valence-electron chi connectivity index (χ3n) is 2.59. The average molecular weight is 391 g/mol. The summed E-state index contributed by atoms with van der Waals surface area (Å²) in [5, 5.41) is -0.00819. The number of methoxy groups -OCH3 is 1. The zero-order valence-corrected chi connectivity index (χ0v) is 12.8. The van der Waals surface area contributed by atoms with Gasteiger partial charge in [-0.3, -0.25) is 4.79 Å². The van der Waals surface area contributed by atoms with Gasteiger partial charge in [0.05, 0.1) is 17.7 Å². The summed E-state index contributed by atoms with van der Waals surface area (Å²) in [5.74, 6) is -0.455. The summed E-state index contributed by atoms with van der Waals surface area (Å²) in [7, 11) is 1.49. The standard InChI is InChI=1S/C14H9ClFIO2/c1-19-13-5-3-9(17)7-10(13)14(18)8-2-4-11(15)12(16)6-8/h2-7H,1H3. The van der Waals surface area contributed by atoms with E-state index in [4.69, 9.17) is 16.3 Å². The zero-order valence-electron chi connectivity index (χ0n) is 9.91. The predicted molar refractivity (Wildman–Crippen MR) is 80.6 cm³/mol. The number of rotatable bonds is 3. The second-order valence-electron chi connectivity index (χ2n) is 3.80. The smallest absolute Gasteiger partial charge is 0.196 e. The second kappa shape index (κ2) is 5.88. The lowest BCUT2D eigenvalue weighted by molar-refractivity contribution is 0.103. The van der Waals surface area contributed by atoms with E-state index in [2.05, 4.69) is 22.6 Å². The first kappa shape index (κ1) is 14.3. The van der Waals surface area contributed by atoms with Crippen LogP contribution in [-0.4, -0.2) is 12.9 Å². The molecule has 0 aromatic heterocycles. The van der Waals surface area contributed by atoms with Crippen molar-refractivity contribution in [2.24, 2.45) is 0 Å². The van der Waals surface area contributed by atoms with Crippen LogP contribution < -0.4 is 4.74 Å². The summed E-state index contributed by atoms with van der Waals surface area (Å²) in [6.45, 7) is 0. The molecule has 0 aliphatic rings. The number of hydrogen-bond acceptors (Lipinski definition) is 2. The minimum Gasteiger partial charge on any atom is -0.496 e. The maximum Gasteiger partial charge on any atom is 0.196 e. The molecule has 0 amide bonds. The van der Waals surface area contributed by atoms with Gasteiger partial charge in [0.2, 0.25) is 0 Å². The van der Waals surface area contributed by atoms with Crippen LogP contribution >= 0.6 is 34.2 Å². The van der Waals surface area contributed by atoms with Crippen molar-refractivity contribution >= 4 is 40.0 Å². The minimum atomic E-state index is -0.614. The van der Waals surface area contributed by atoms with Gasteiger partial charge in [0.25, 0.3) is 0 Å². The number of carbonyl (C=O) groups excluding carboxylic acids is 1. The number of ketones is 1. The van der Waals surface area contributed by atoms with E-state index in [-0.39, 0.29) is 16.4 Å². The molecular weight excluding hydrogens is 382 g/mol.